The summed E-state index contributed by atoms with van der Waals surface area (Å²) in [5, 5.41) is 29.4. The first-order chi connectivity index (χ1) is 20.4. The smallest absolute Gasteiger partial charge is 0.270 e. The van der Waals surface area contributed by atoms with Gasteiger partial charge >= 0.3 is 0 Å². The molecule has 4 heterocycles. The fourth-order valence-corrected chi connectivity index (χ4v) is 5.36. The highest BCUT2D eigenvalue weighted by molar-refractivity contribution is 7.71. The van der Waals surface area contributed by atoms with Gasteiger partial charge in [0.05, 0.1) is 11.7 Å². The van der Waals surface area contributed by atoms with E-state index in [0.717, 1.165) is 28.7 Å². The molecule has 1 aliphatic heterocycles. The summed E-state index contributed by atoms with van der Waals surface area (Å²) in [4.78, 5) is 42.7. The third-order valence-corrected chi connectivity index (χ3v) is 7.39. The number of aryl methyl sites for hydroxylation is 1. The summed E-state index contributed by atoms with van der Waals surface area (Å²) in [5.41, 5.74) is 4.28. The molecule has 0 saturated heterocycles. The number of hydrogen-bond acceptors (Lipinski definition) is 10. The third-order valence-electron chi connectivity index (χ3n) is 7.11. The van der Waals surface area contributed by atoms with Gasteiger partial charge in [-0.1, -0.05) is 18.2 Å². The van der Waals surface area contributed by atoms with Crippen LogP contribution < -0.4 is 20.7 Å². The normalized spacial score (nSPS) is 15.4. The minimum Gasteiger partial charge on any atom is -0.482 e. The number of amides is 3. The molecule has 1 atom stereocenters. The second-order valence-electron chi connectivity index (χ2n) is 9.75. The minimum atomic E-state index is -0.493. The number of rotatable bonds is 6. The maximum Gasteiger partial charge on any atom is 0.270 e. The van der Waals surface area contributed by atoms with Crippen molar-refractivity contribution in [3.63, 3.8) is 0 Å². The first kappa shape index (κ1) is 25.5. The number of aromatic nitrogens is 8. The second kappa shape index (κ2) is 10.2. The van der Waals surface area contributed by atoms with Gasteiger partial charge < -0.3 is 20.7 Å². The van der Waals surface area contributed by atoms with E-state index in [1.807, 2.05) is 18.2 Å². The fourth-order valence-electron chi connectivity index (χ4n) is 5.13. The van der Waals surface area contributed by atoms with Crippen LogP contribution in [0.1, 0.15) is 50.1 Å². The molecule has 210 valence electrons. The summed E-state index contributed by atoms with van der Waals surface area (Å²) < 4.78 is 6.91. The van der Waals surface area contributed by atoms with Crippen LogP contribution in [0.25, 0.3) is 17.2 Å². The maximum atomic E-state index is 13.4. The molecule has 0 saturated carbocycles. The van der Waals surface area contributed by atoms with E-state index in [1.165, 1.54) is 10.5 Å². The van der Waals surface area contributed by atoms with E-state index in [-0.39, 0.29) is 47.0 Å². The molecule has 0 unspecified atom stereocenters. The molecule has 5 N–H and O–H groups in total. The number of ether oxygens (including phenoxy) is 1. The molecular weight excluding hydrogens is 562 g/mol. The lowest BCUT2D eigenvalue weighted by atomic mass is 10.0. The molecule has 3 aromatic heterocycles. The van der Waals surface area contributed by atoms with E-state index in [4.69, 9.17) is 17.0 Å². The van der Waals surface area contributed by atoms with E-state index in [9.17, 15) is 14.4 Å². The lowest BCUT2D eigenvalue weighted by molar-refractivity contribution is -0.118. The van der Waals surface area contributed by atoms with Gasteiger partial charge in [-0.05, 0) is 71.2 Å². The molecule has 1 aliphatic carbocycles. The van der Waals surface area contributed by atoms with Crippen LogP contribution in [0.3, 0.4) is 0 Å². The first-order valence-corrected chi connectivity index (χ1v) is 13.3. The molecule has 5 aromatic rings. The average molecular weight is 584 g/mol. The summed E-state index contributed by atoms with van der Waals surface area (Å²) in [5.74, 6) is -0.0596. The lowest BCUT2D eigenvalue weighted by Gasteiger charge is -2.18. The van der Waals surface area contributed by atoms with Crippen molar-refractivity contribution >= 4 is 41.4 Å². The molecule has 42 heavy (non-hydrogen) atoms. The van der Waals surface area contributed by atoms with Crippen molar-refractivity contribution in [3.8, 4) is 17.1 Å². The molecule has 0 radical (unpaired) electrons. The Kier molecular flexibility index (Phi) is 6.15. The quantitative estimate of drug-likeness (QED) is 0.183. The van der Waals surface area contributed by atoms with Crippen molar-refractivity contribution in [1.82, 2.24) is 50.8 Å². The predicted molar refractivity (Wildman–Crippen MR) is 148 cm³/mol. The average Bonchev–Trinajstić information content (AvgIpc) is 3.76. The van der Waals surface area contributed by atoms with Crippen LogP contribution in [0.2, 0.25) is 0 Å². The van der Waals surface area contributed by atoms with Gasteiger partial charge in [-0.25, -0.2) is 14.5 Å². The van der Waals surface area contributed by atoms with Crippen LogP contribution in [-0.4, -0.2) is 64.5 Å². The Labute approximate surface area is 241 Å². The largest absolute Gasteiger partial charge is 0.482 e. The van der Waals surface area contributed by atoms with Crippen molar-refractivity contribution in [2.45, 2.75) is 25.4 Å². The van der Waals surface area contributed by atoms with Gasteiger partial charge in [-0.3, -0.25) is 14.4 Å². The Bertz CT molecular complexity index is 1950. The van der Waals surface area contributed by atoms with Crippen LogP contribution in [0, 0.1) is 4.77 Å². The van der Waals surface area contributed by atoms with Gasteiger partial charge in [0, 0.05) is 12.1 Å². The summed E-state index contributed by atoms with van der Waals surface area (Å²) in [6, 6.07) is 12.2. The van der Waals surface area contributed by atoms with Crippen molar-refractivity contribution in [2.75, 3.05) is 11.9 Å². The van der Waals surface area contributed by atoms with E-state index >= 15 is 0 Å². The molecule has 0 spiro atoms. The Balaban J connectivity index is 1.11. The molecule has 7 rings (SSSR count). The van der Waals surface area contributed by atoms with E-state index in [0.29, 0.717) is 23.7 Å². The van der Waals surface area contributed by atoms with Crippen molar-refractivity contribution < 1.29 is 19.1 Å². The minimum absolute atomic E-state index is 0.0205. The van der Waals surface area contributed by atoms with E-state index < -0.39 is 11.8 Å². The monoisotopic (exact) mass is 583 g/mol. The number of tetrazole rings is 1. The van der Waals surface area contributed by atoms with Gasteiger partial charge in [0.25, 0.3) is 23.5 Å². The summed E-state index contributed by atoms with van der Waals surface area (Å²) in [6.45, 7) is 0.0985. The highest BCUT2D eigenvalue weighted by Gasteiger charge is 2.27. The molecule has 2 aliphatic rings. The Morgan fingerprint density at radius 3 is 2.88 bits per heavy atom. The fraction of sp³-hybridized carbons (Fsp3) is 0.192. The number of nitrogens with one attached hydrogen (secondary N) is 5. The van der Waals surface area contributed by atoms with Crippen LogP contribution in [0.15, 0.2) is 42.5 Å². The standard InChI is InChI=1S/C26H21N11O4S/c38-21-11-41-20-6-1-12(7-17(20)28-21)10-27-24(40)19-9-18(30-25-33-34-26(42)37(19)25)23(39)29-16-5-3-13-8-14(2-4-15(13)16)22-31-35-36-32-22/h1-2,4,6-9,16H,3,5,10-11H2,(H,27,40)(H,28,38)(H,29,39)(H,34,42)(H,31,32,35,36)/t16-/m0/s1. The molecular formula is C26H21N11O4S. The number of H-pyrrole nitrogens is 2. The number of fused-ring (bicyclic) bond motifs is 3. The Morgan fingerprint density at radius 1 is 1.12 bits per heavy atom. The number of benzene rings is 2. The van der Waals surface area contributed by atoms with Gasteiger partial charge in [-0.15, -0.1) is 15.3 Å². The zero-order chi connectivity index (χ0) is 28.8. The Morgan fingerprint density at radius 2 is 2.02 bits per heavy atom. The van der Waals surface area contributed by atoms with Crippen LogP contribution >= 0.6 is 12.2 Å². The third kappa shape index (κ3) is 4.62. The predicted octanol–water partition coefficient (Wildman–Crippen LogP) is 1.65. The molecule has 2 aromatic carbocycles. The van der Waals surface area contributed by atoms with Gasteiger partial charge in [0.15, 0.2) is 6.61 Å². The number of carbonyl (C=O) groups is 3. The van der Waals surface area contributed by atoms with Gasteiger partial charge in [-0.2, -0.15) is 5.21 Å². The molecule has 15 nitrogen and oxygen atoms in total. The van der Waals surface area contributed by atoms with E-state index in [1.54, 1.807) is 18.2 Å². The number of hydrogen-bond donors (Lipinski definition) is 5. The summed E-state index contributed by atoms with van der Waals surface area (Å²) in [7, 11) is 0. The van der Waals surface area contributed by atoms with Crippen molar-refractivity contribution in [2.24, 2.45) is 0 Å². The van der Waals surface area contributed by atoms with E-state index in [2.05, 4.69) is 51.8 Å². The van der Waals surface area contributed by atoms with Crippen LogP contribution in [-0.2, 0) is 17.8 Å². The second-order valence-corrected chi connectivity index (χ2v) is 10.1. The van der Waals surface area contributed by atoms with Gasteiger partial charge in [0.1, 0.15) is 17.1 Å². The lowest BCUT2D eigenvalue weighted by Crippen LogP contribution is -2.30. The summed E-state index contributed by atoms with van der Waals surface area (Å²) >= 11 is 5.31. The zero-order valence-electron chi connectivity index (χ0n) is 21.7. The molecule has 16 heteroatoms. The molecule has 3 amide bonds. The zero-order valence-corrected chi connectivity index (χ0v) is 22.5. The van der Waals surface area contributed by atoms with Crippen LogP contribution in [0.5, 0.6) is 5.75 Å². The SMILES string of the molecule is O=C1COc2ccc(CNC(=O)c3cc(C(=O)N[C@H]4CCc5cc(-c6nn[nH]n6)ccc54)nc4n[nH]c(=S)n34)cc2N1. The first-order valence-electron chi connectivity index (χ1n) is 12.9. The molecule has 0 bridgehead atoms. The number of anilines is 1. The topological polar surface area (TPSA) is 197 Å². The van der Waals surface area contributed by atoms with Crippen molar-refractivity contribution in [3.05, 3.63) is 75.3 Å². The van der Waals surface area contributed by atoms with Gasteiger partial charge in [0.2, 0.25) is 10.6 Å². The number of aromatic amines is 2. The van der Waals surface area contributed by atoms with Crippen LogP contribution in [0.4, 0.5) is 5.69 Å². The number of nitrogens with zero attached hydrogens (tertiary/aromatic N) is 6. The Hall–Kier alpha value is -5.51. The highest BCUT2D eigenvalue weighted by atomic mass is 32.1. The maximum absolute atomic E-state index is 13.4. The highest BCUT2D eigenvalue weighted by Crippen LogP contribution is 2.34. The summed E-state index contributed by atoms with van der Waals surface area (Å²) in [6.07, 6.45) is 1.46. The molecule has 0 fully saturated rings. The number of carbonyl (C=O) groups excluding carboxylic acids is 3. The van der Waals surface area contributed by atoms with Crippen molar-refractivity contribution in [1.29, 1.82) is 0 Å².